The third-order valence-corrected chi connectivity index (χ3v) is 3.37. The molecule has 19 heavy (non-hydrogen) atoms. The van der Waals surface area contributed by atoms with Crippen LogP contribution in [0.5, 0.6) is 0 Å². The van der Waals surface area contributed by atoms with Crippen molar-refractivity contribution in [3.8, 4) is 0 Å². The molecule has 1 rings (SSSR count). The zero-order valence-electron chi connectivity index (χ0n) is 12.4. The van der Waals surface area contributed by atoms with Gasteiger partial charge in [0.2, 0.25) is 0 Å². The summed E-state index contributed by atoms with van der Waals surface area (Å²) < 4.78 is 4.64. The Morgan fingerprint density at radius 3 is 2.37 bits per heavy atom. The highest BCUT2D eigenvalue weighted by Gasteiger charge is 2.17. The van der Waals surface area contributed by atoms with E-state index in [1.165, 1.54) is 23.8 Å². The molecule has 1 aromatic rings. The summed E-state index contributed by atoms with van der Waals surface area (Å²) in [6.45, 7) is 6.37. The molecule has 0 spiro atoms. The van der Waals surface area contributed by atoms with Crippen LogP contribution in [0, 0.1) is 19.8 Å². The standard InChI is InChI=1S/C16H25NO2/c1-11(10-15(17)16(18)19-4)5-6-14-8-12(2)7-13(3)9-14/h7-9,11,15H,5-6,10,17H2,1-4H3. The van der Waals surface area contributed by atoms with Crippen LogP contribution in [0.2, 0.25) is 0 Å². The Kier molecular flexibility index (Phi) is 6.03. The number of ether oxygens (including phenoxy) is 1. The minimum absolute atomic E-state index is 0.321. The number of esters is 1. The summed E-state index contributed by atoms with van der Waals surface area (Å²) in [5.41, 5.74) is 9.73. The third kappa shape index (κ3) is 5.43. The van der Waals surface area contributed by atoms with Crippen molar-refractivity contribution in [1.29, 1.82) is 0 Å². The number of nitrogens with two attached hydrogens (primary N) is 1. The Hall–Kier alpha value is -1.35. The first-order valence-corrected chi connectivity index (χ1v) is 6.83. The maximum atomic E-state index is 11.3. The highest BCUT2D eigenvalue weighted by Crippen LogP contribution is 2.16. The molecule has 106 valence electrons. The Labute approximate surface area is 116 Å². The maximum Gasteiger partial charge on any atom is 0.322 e. The molecule has 0 amide bonds. The van der Waals surface area contributed by atoms with E-state index in [0.717, 1.165) is 12.8 Å². The van der Waals surface area contributed by atoms with Crippen LogP contribution in [0.3, 0.4) is 0 Å². The van der Waals surface area contributed by atoms with Crippen molar-refractivity contribution in [2.24, 2.45) is 11.7 Å². The topological polar surface area (TPSA) is 52.3 Å². The van der Waals surface area contributed by atoms with Crippen molar-refractivity contribution in [3.63, 3.8) is 0 Å². The van der Waals surface area contributed by atoms with Gasteiger partial charge in [-0.25, -0.2) is 0 Å². The van der Waals surface area contributed by atoms with Crippen LogP contribution in [0.15, 0.2) is 18.2 Å². The second kappa shape index (κ2) is 7.29. The summed E-state index contributed by atoms with van der Waals surface area (Å²) in [4.78, 5) is 11.3. The van der Waals surface area contributed by atoms with Gasteiger partial charge in [-0.1, -0.05) is 36.2 Å². The molecule has 0 aliphatic carbocycles. The van der Waals surface area contributed by atoms with E-state index >= 15 is 0 Å². The van der Waals surface area contributed by atoms with Gasteiger partial charge in [-0.05, 0) is 44.6 Å². The average Bonchev–Trinajstić information content (AvgIpc) is 2.34. The van der Waals surface area contributed by atoms with Crippen molar-refractivity contribution in [2.75, 3.05) is 7.11 Å². The molecular formula is C16H25NO2. The Morgan fingerprint density at radius 1 is 1.26 bits per heavy atom. The molecule has 0 heterocycles. The van der Waals surface area contributed by atoms with Crippen LogP contribution in [0.4, 0.5) is 0 Å². The first kappa shape index (κ1) is 15.7. The quantitative estimate of drug-likeness (QED) is 0.803. The van der Waals surface area contributed by atoms with E-state index < -0.39 is 6.04 Å². The smallest absolute Gasteiger partial charge is 0.322 e. The van der Waals surface area contributed by atoms with E-state index in [1.54, 1.807) is 0 Å². The van der Waals surface area contributed by atoms with E-state index in [4.69, 9.17) is 5.73 Å². The van der Waals surface area contributed by atoms with Crippen molar-refractivity contribution in [1.82, 2.24) is 0 Å². The van der Waals surface area contributed by atoms with Crippen LogP contribution in [-0.4, -0.2) is 19.1 Å². The zero-order chi connectivity index (χ0) is 14.4. The monoisotopic (exact) mass is 263 g/mol. The lowest BCUT2D eigenvalue weighted by Crippen LogP contribution is -2.33. The summed E-state index contributed by atoms with van der Waals surface area (Å²) in [5.74, 6) is 0.0909. The van der Waals surface area contributed by atoms with Gasteiger partial charge in [0.05, 0.1) is 7.11 Å². The first-order valence-electron chi connectivity index (χ1n) is 6.83. The summed E-state index contributed by atoms with van der Waals surface area (Å²) in [5, 5.41) is 0. The van der Waals surface area contributed by atoms with Gasteiger partial charge in [0.15, 0.2) is 0 Å². The highest BCUT2D eigenvalue weighted by atomic mass is 16.5. The van der Waals surface area contributed by atoms with Gasteiger partial charge in [-0.15, -0.1) is 0 Å². The second-order valence-corrected chi connectivity index (χ2v) is 5.51. The second-order valence-electron chi connectivity index (χ2n) is 5.51. The summed E-state index contributed by atoms with van der Waals surface area (Å²) in [6.07, 6.45) is 2.74. The minimum atomic E-state index is -0.501. The molecule has 0 aliphatic rings. The lowest BCUT2D eigenvalue weighted by atomic mass is 9.94. The number of carbonyl (C=O) groups is 1. The van der Waals surface area contributed by atoms with Gasteiger partial charge in [0.1, 0.15) is 6.04 Å². The molecule has 0 radical (unpaired) electrons. The van der Waals surface area contributed by atoms with Crippen LogP contribution in [0.25, 0.3) is 0 Å². The number of benzene rings is 1. The number of methoxy groups -OCH3 is 1. The predicted octanol–water partition coefficient (Wildman–Crippen LogP) is 2.76. The van der Waals surface area contributed by atoms with E-state index in [2.05, 4.69) is 43.7 Å². The van der Waals surface area contributed by atoms with Gasteiger partial charge in [-0.3, -0.25) is 4.79 Å². The zero-order valence-corrected chi connectivity index (χ0v) is 12.4. The van der Waals surface area contributed by atoms with E-state index in [0.29, 0.717) is 12.3 Å². The molecule has 1 aromatic carbocycles. The average molecular weight is 263 g/mol. The lowest BCUT2D eigenvalue weighted by molar-refractivity contribution is -0.142. The predicted molar refractivity (Wildman–Crippen MR) is 78.0 cm³/mol. The molecule has 0 bridgehead atoms. The molecule has 2 atom stereocenters. The molecule has 0 saturated heterocycles. The van der Waals surface area contributed by atoms with Gasteiger partial charge >= 0.3 is 5.97 Å². The van der Waals surface area contributed by atoms with Crippen molar-refractivity contribution < 1.29 is 9.53 Å². The van der Waals surface area contributed by atoms with Crippen LogP contribution < -0.4 is 5.73 Å². The maximum absolute atomic E-state index is 11.3. The molecule has 0 aliphatic heterocycles. The molecule has 2 N–H and O–H groups in total. The third-order valence-electron chi connectivity index (χ3n) is 3.37. The van der Waals surface area contributed by atoms with Gasteiger partial charge in [0.25, 0.3) is 0 Å². The number of carbonyl (C=O) groups excluding carboxylic acids is 1. The largest absolute Gasteiger partial charge is 0.468 e. The fourth-order valence-corrected chi connectivity index (χ4v) is 2.43. The molecule has 0 aromatic heterocycles. The van der Waals surface area contributed by atoms with Gasteiger partial charge < -0.3 is 10.5 Å². The Balaban J connectivity index is 2.45. The summed E-state index contributed by atoms with van der Waals surface area (Å²) in [6, 6.07) is 6.12. The Bertz CT molecular complexity index is 409. The first-order chi connectivity index (χ1) is 8.92. The lowest BCUT2D eigenvalue weighted by Gasteiger charge is -2.15. The van der Waals surface area contributed by atoms with Crippen molar-refractivity contribution >= 4 is 5.97 Å². The van der Waals surface area contributed by atoms with E-state index in [9.17, 15) is 4.79 Å². The van der Waals surface area contributed by atoms with E-state index in [1.807, 2.05) is 0 Å². The fraction of sp³-hybridized carbons (Fsp3) is 0.562. The fourth-order valence-electron chi connectivity index (χ4n) is 2.43. The van der Waals surface area contributed by atoms with Crippen LogP contribution in [-0.2, 0) is 16.0 Å². The van der Waals surface area contributed by atoms with Crippen LogP contribution in [0.1, 0.15) is 36.5 Å². The Morgan fingerprint density at radius 2 is 1.84 bits per heavy atom. The number of hydrogen-bond donors (Lipinski definition) is 1. The van der Waals surface area contributed by atoms with E-state index in [-0.39, 0.29) is 5.97 Å². The van der Waals surface area contributed by atoms with Gasteiger partial charge in [-0.2, -0.15) is 0 Å². The number of hydrogen-bond acceptors (Lipinski definition) is 3. The highest BCUT2D eigenvalue weighted by molar-refractivity contribution is 5.75. The molecule has 2 unspecified atom stereocenters. The van der Waals surface area contributed by atoms with Gasteiger partial charge in [0, 0.05) is 0 Å². The SMILES string of the molecule is COC(=O)C(N)CC(C)CCc1cc(C)cc(C)c1. The van der Waals surface area contributed by atoms with Crippen molar-refractivity contribution in [3.05, 3.63) is 34.9 Å². The number of aryl methyl sites for hydroxylation is 3. The molecule has 0 fully saturated rings. The molecule has 3 nitrogen and oxygen atoms in total. The van der Waals surface area contributed by atoms with Crippen LogP contribution >= 0.6 is 0 Å². The molecule has 0 saturated carbocycles. The molecule has 3 heteroatoms. The van der Waals surface area contributed by atoms with Crippen molar-refractivity contribution in [2.45, 2.75) is 46.1 Å². The number of rotatable bonds is 6. The minimum Gasteiger partial charge on any atom is -0.468 e. The summed E-state index contributed by atoms with van der Waals surface area (Å²) in [7, 11) is 1.38. The normalized spacial score (nSPS) is 13.9. The summed E-state index contributed by atoms with van der Waals surface area (Å²) >= 11 is 0. The molecular weight excluding hydrogens is 238 g/mol.